The normalized spacial score (nSPS) is 15.6. The van der Waals surface area contributed by atoms with Gasteiger partial charge in [0.05, 0.1) is 0 Å². The van der Waals surface area contributed by atoms with Crippen LogP contribution in [0.25, 0.3) is 0 Å². The van der Waals surface area contributed by atoms with E-state index in [0.29, 0.717) is 6.42 Å². The molecule has 0 spiro atoms. The van der Waals surface area contributed by atoms with E-state index in [1.165, 1.54) is 0 Å². The Morgan fingerprint density at radius 2 is 1.75 bits per heavy atom. The Bertz CT molecular complexity index is 456. The molecule has 1 amide bonds. The number of nitrogens with one attached hydrogen (secondary N) is 2. The van der Waals surface area contributed by atoms with E-state index in [-0.39, 0.29) is 29.9 Å². The average molecular weight is 309 g/mol. The second-order valence-electron chi connectivity index (χ2n) is 4.70. The number of benzene rings is 1. The second kappa shape index (κ2) is 7.50. The summed E-state index contributed by atoms with van der Waals surface area (Å²) in [5.41, 5.74) is -0.0599. The maximum absolute atomic E-state index is 13.0. The number of carbonyl (C=O) groups excluding carboxylic acids is 1. The van der Waals surface area contributed by atoms with Gasteiger partial charge in [-0.1, -0.05) is 0 Å². The van der Waals surface area contributed by atoms with Gasteiger partial charge >= 0.3 is 0 Å². The van der Waals surface area contributed by atoms with Crippen LogP contribution in [0.15, 0.2) is 12.1 Å². The monoisotopic (exact) mass is 308 g/mol. The van der Waals surface area contributed by atoms with Gasteiger partial charge in [-0.15, -0.1) is 12.4 Å². The summed E-state index contributed by atoms with van der Waals surface area (Å²) >= 11 is 0. The molecule has 0 bridgehead atoms. The van der Waals surface area contributed by atoms with Gasteiger partial charge < -0.3 is 10.6 Å². The van der Waals surface area contributed by atoms with Gasteiger partial charge in [0, 0.05) is 24.2 Å². The van der Waals surface area contributed by atoms with Crippen LogP contribution >= 0.6 is 12.4 Å². The van der Waals surface area contributed by atoms with Gasteiger partial charge in [-0.2, -0.15) is 0 Å². The van der Waals surface area contributed by atoms with Crippen LogP contribution in [0.5, 0.6) is 0 Å². The molecule has 0 saturated carbocycles. The molecule has 1 aromatic rings. The lowest BCUT2D eigenvalue weighted by molar-refractivity contribution is -0.117. The van der Waals surface area contributed by atoms with E-state index in [4.69, 9.17) is 0 Å². The fourth-order valence-corrected chi connectivity index (χ4v) is 2.19. The van der Waals surface area contributed by atoms with E-state index in [9.17, 15) is 18.0 Å². The number of carbonyl (C=O) groups is 1. The number of anilines is 1. The van der Waals surface area contributed by atoms with Gasteiger partial charge in [0.1, 0.15) is 0 Å². The summed E-state index contributed by atoms with van der Waals surface area (Å²) in [4.78, 5) is 11.7. The molecule has 3 nitrogen and oxygen atoms in total. The first-order valence-electron chi connectivity index (χ1n) is 6.21. The number of halogens is 4. The van der Waals surface area contributed by atoms with E-state index < -0.39 is 17.5 Å². The lowest BCUT2D eigenvalue weighted by Crippen LogP contribution is -2.30. The minimum Gasteiger partial charge on any atom is -0.326 e. The topological polar surface area (TPSA) is 41.1 Å². The quantitative estimate of drug-likeness (QED) is 0.843. The van der Waals surface area contributed by atoms with Crippen molar-refractivity contribution in [2.24, 2.45) is 5.92 Å². The first kappa shape index (κ1) is 16.8. The van der Waals surface area contributed by atoms with Crippen LogP contribution in [0.1, 0.15) is 19.3 Å². The molecule has 2 rings (SSSR count). The van der Waals surface area contributed by atoms with Crippen molar-refractivity contribution in [3.8, 4) is 0 Å². The van der Waals surface area contributed by atoms with Gasteiger partial charge in [-0.25, -0.2) is 13.2 Å². The highest BCUT2D eigenvalue weighted by Gasteiger charge is 2.18. The smallest absolute Gasteiger partial charge is 0.224 e. The van der Waals surface area contributed by atoms with Crippen LogP contribution in [0.4, 0.5) is 18.9 Å². The summed E-state index contributed by atoms with van der Waals surface area (Å²) in [6.07, 6.45) is 2.11. The predicted octanol–water partition coefficient (Wildman–Crippen LogP) is 2.85. The molecule has 0 unspecified atom stereocenters. The molecule has 1 aromatic carbocycles. The van der Waals surface area contributed by atoms with Gasteiger partial charge in [-0.3, -0.25) is 4.79 Å². The van der Waals surface area contributed by atoms with E-state index >= 15 is 0 Å². The third-order valence-electron chi connectivity index (χ3n) is 3.20. The molecule has 0 atom stereocenters. The fraction of sp³-hybridized carbons (Fsp3) is 0.462. The first-order chi connectivity index (χ1) is 9.06. The average Bonchev–Trinajstić information content (AvgIpc) is 2.37. The second-order valence-corrected chi connectivity index (χ2v) is 4.70. The molecule has 20 heavy (non-hydrogen) atoms. The fourth-order valence-electron chi connectivity index (χ4n) is 2.19. The van der Waals surface area contributed by atoms with Gasteiger partial charge in [0.15, 0.2) is 17.5 Å². The van der Waals surface area contributed by atoms with E-state index in [0.717, 1.165) is 38.1 Å². The molecule has 0 aliphatic carbocycles. The van der Waals surface area contributed by atoms with E-state index in [1.807, 2.05) is 0 Å². The number of rotatable bonds is 3. The van der Waals surface area contributed by atoms with Crippen LogP contribution in [0.3, 0.4) is 0 Å². The Labute approximate surface area is 121 Å². The summed E-state index contributed by atoms with van der Waals surface area (Å²) in [6.45, 7) is 1.75. The third kappa shape index (κ3) is 4.38. The summed E-state index contributed by atoms with van der Waals surface area (Å²) in [5, 5.41) is 5.58. The third-order valence-corrected chi connectivity index (χ3v) is 3.20. The molecule has 1 saturated heterocycles. The Balaban J connectivity index is 0.00000200. The molecule has 2 N–H and O–H groups in total. The highest BCUT2D eigenvalue weighted by molar-refractivity contribution is 5.90. The Hall–Kier alpha value is -1.27. The highest BCUT2D eigenvalue weighted by Crippen LogP contribution is 2.20. The maximum Gasteiger partial charge on any atom is 0.224 e. The molecular weight excluding hydrogens is 293 g/mol. The van der Waals surface area contributed by atoms with Crippen LogP contribution in [0, 0.1) is 23.4 Å². The van der Waals surface area contributed by atoms with Gasteiger partial charge in [-0.05, 0) is 31.8 Å². The number of piperidine rings is 1. The maximum atomic E-state index is 13.0. The van der Waals surface area contributed by atoms with Crippen molar-refractivity contribution in [2.75, 3.05) is 18.4 Å². The molecule has 1 heterocycles. The lowest BCUT2D eigenvalue weighted by atomic mass is 9.94. The summed E-state index contributed by atoms with van der Waals surface area (Å²) in [6, 6.07) is 1.55. The SMILES string of the molecule is Cl.O=C(CC1CCNCC1)Nc1cc(F)c(F)c(F)c1. The molecule has 1 aliphatic rings. The van der Waals surface area contributed by atoms with Crippen molar-refractivity contribution in [1.82, 2.24) is 5.32 Å². The van der Waals surface area contributed by atoms with Crippen molar-refractivity contribution in [3.63, 3.8) is 0 Å². The predicted molar refractivity (Wildman–Crippen MR) is 72.4 cm³/mol. The van der Waals surface area contributed by atoms with Crippen molar-refractivity contribution < 1.29 is 18.0 Å². The van der Waals surface area contributed by atoms with Crippen LogP contribution < -0.4 is 10.6 Å². The summed E-state index contributed by atoms with van der Waals surface area (Å²) < 4.78 is 38.7. The standard InChI is InChI=1S/C13H15F3N2O.ClH/c14-10-6-9(7-11(15)13(10)16)18-12(19)5-8-1-3-17-4-2-8;/h6-8,17H,1-5H2,(H,18,19);1H. The largest absolute Gasteiger partial charge is 0.326 e. The van der Waals surface area contributed by atoms with Gasteiger partial charge in [0.25, 0.3) is 0 Å². The highest BCUT2D eigenvalue weighted by atomic mass is 35.5. The van der Waals surface area contributed by atoms with Gasteiger partial charge in [0.2, 0.25) is 5.91 Å². The molecule has 112 valence electrons. The molecule has 0 radical (unpaired) electrons. The number of hydrogen-bond donors (Lipinski definition) is 2. The Morgan fingerprint density at radius 1 is 1.20 bits per heavy atom. The molecule has 7 heteroatoms. The molecule has 1 fully saturated rings. The van der Waals surface area contributed by atoms with Crippen LogP contribution in [0.2, 0.25) is 0 Å². The van der Waals surface area contributed by atoms with Crippen molar-refractivity contribution in [3.05, 3.63) is 29.6 Å². The lowest BCUT2D eigenvalue weighted by Gasteiger charge is -2.21. The minimum absolute atomic E-state index is 0. The van der Waals surface area contributed by atoms with E-state index in [2.05, 4.69) is 10.6 Å². The zero-order chi connectivity index (χ0) is 13.8. The Kier molecular flexibility index (Phi) is 6.29. The molecule has 0 aromatic heterocycles. The molecular formula is C13H16ClF3N2O. The van der Waals surface area contributed by atoms with E-state index in [1.54, 1.807) is 0 Å². The summed E-state index contributed by atoms with van der Waals surface area (Å²) in [5.74, 6) is -4.18. The first-order valence-corrected chi connectivity index (χ1v) is 6.21. The number of hydrogen-bond acceptors (Lipinski definition) is 2. The Morgan fingerprint density at radius 3 is 2.30 bits per heavy atom. The zero-order valence-electron chi connectivity index (χ0n) is 10.7. The molecule has 1 aliphatic heterocycles. The van der Waals surface area contributed by atoms with Crippen molar-refractivity contribution in [1.29, 1.82) is 0 Å². The zero-order valence-corrected chi connectivity index (χ0v) is 11.5. The van der Waals surface area contributed by atoms with Crippen molar-refractivity contribution >= 4 is 24.0 Å². The number of amides is 1. The van der Waals surface area contributed by atoms with Crippen LogP contribution in [-0.4, -0.2) is 19.0 Å². The van der Waals surface area contributed by atoms with Crippen LogP contribution in [-0.2, 0) is 4.79 Å². The van der Waals surface area contributed by atoms with Crippen molar-refractivity contribution in [2.45, 2.75) is 19.3 Å². The summed E-state index contributed by atoms with van der Waals surface area (Å²) in [7, 11) is 0. The minimum atomic E-state index is -1.53.